The second-order valence-corrected chi connectivity index (χ2v) is 5.20. The van der Waals surface area contributed by atoms with E-state index in [0.29, 0.717) is 32.9 Å². The zero-order valence-electron chi connectivity index (χ0n) is 10.8. The van der Waals surface area contributed by atoms with E-state index in [-0.39, 0.29) is 0 Å². The molecule has 1 aromatic carbocycles. The molecule has 5 nitrogen and oxygen atoms in total. The molecule has 6 heteroatoms. The first-order valence-corrected chi connectivity index (χ1v) is 6.95. The smallest absolute Gasteiger partial charge is 0.175 e. The number of nitrogens with one attached hydrogen (secondary N) is 1. The number of ether oxygens (including phenoxy) is 3. The summed E-state index contributed by atoms with van der Waals surface area (Å²) < 4.78 is 16.8. The molecule has 0 bridgehead atoms. The molecular formula is C13H18BrNO4. The SMILES string of the molecule is COCC(O)CNCc1cc(Br)c2c(c1)OCCO2. The van der Waals surface area contributed by atoms with Gasteiger partial charge >= 0.3 is 0 Å². The van der Waals surface area contributed by atoms with E-state index >= 15 is 0 Å². The first-order chi connectivity index (χ1) is 9.20. The van der Waals surface area contributed by atoms with Crippen molar-refractivity contribution < 1.29 is 19.3 Å². The Balaban J connectivity index is 1.92. The van der Waals surface area contributed by atoms with Crippen LogP contribution in [0.1, 0.15) is 5.56 Å². The van der Waals surface area contributed by atoms with Crippen LogP contribution in [0.3, 0.4) is 0 Å². The highest BCUT2D eigenvalue weighted by molar-refractivity contribution is 9.10. The van der Waals surface area contributed by atoms with Crippen LogP contribution in [0.2, 0.25) is 0 Å². The van der Waals surface area contributed by atoms with Crippen molar-refractivity contribution in [1.82, 2.24) is 5.32 Å². The molecule has 0 spiro atoms. The number of aliphatic hydroxyl groups is 1. The highest BCUT2D eigenvalue weighted by Crippen LogP contribution is 2.38. The highest BCUT2D eigenvalue weighted by atomic mass is 79.9. The van der Waals surface area contributed by atoms with Gasteiger partial charge in [0.25, 0.3) is 0 Å². The first kappa shape index (κ1) is 14.6. The van der Waals surface area contributed by atoms with Gasteiger partial charge < -0.3 is 24.6 Å². The fraction of sp³-hybridized carbons (Fsp3) is 0.538. The molecule has 1 aliphatic rings. The van der Waals surface area contributed by atoms with Crippen molar-refractivity contribution in [3.63, 3.8) is 0 Å². The van der Waals surface area contributed by atoms with Gasteiger partial charge in [-0.25, -0.2) is 0 Å². The maximum absolute atomic E-state index is 9.53. The van der Waals surface area contributed by atoms with E-state index in [1.807, 2.05) is 12.1 Å². The molecule has 106 valence electrons. The monoisotopic (exact) mass is 331 g/mol. The molecule has 0 aromatic heterocycles. The molecule has 0 saturated carbocycles. The molecule has 0 radical (unpaired) electrons. The van der Waals surface area contributed by atoms with E-state index in [1.54, 1.807) is 7.11 Å². The molecular weight excluding hydrogens is 314 g/mol. The van der Waals surface area contributed by atoms with E-state index in [9.17, 15) is 5.11 Å². The van der Waals surface area contributed by atoms with Crippen LogP contribution in [0.15, 0.2) is 16.6 Å². The fourth-order valence-corrected chi connectivity index (χ4v) is 2.50. The Bertz CT molecular complexity index is 427. The Morgan fingerprint density at radius 3 is 3.00 bits per heavy atom. The average Bonchev–Trinajstić information content (AvgIpc) is 2.39. The minimum absolute atomic E-state index is 0.331. The summed E-state index contributed by atoms with van der Waals surface area (Å²) in [5.41, 5.74) is 1.07. The number of aliphatic hydroxyl groups excluding tert-OH is 1. The normalized spacial score (nSPS) is 15.3. The summed E-state index contributed by atoms with van der Waals surface area (Å²) in [5.74, 6) is 1.52. The summed E-state index contributed by atoms with van der Waals surface area (Å²) in [4.78, 5) is 0. The third kappa shape index (κ3) is 4.07. The van der Waals surface area contributed by atoms with Crippen LogP contribution in [-0.4, -0.2) is 44.7 Å². The summed E-state index contributed by atoms with van der Waals surface area (Å²) in [6.07, 6.45) is -0.495. The number of halogens is 1. The Morgan fingerprint density at radius 2 is 2.21 bits per heavy atom. The van der Waals surface area contributed by atoms with E-state index in [4.69, 9.17) is 14.2 Å². The minimum Gasteiger partial charge on any atom is -0.486 e. The molecule has 1 aliphatic heterocycles. The number of benzene rings is 1. The Morgan fingerprint density at radius 1 is 1.42 bits per heavy atom. The molecule has 0 aliphatic carbocycles. The Hall–Kier alpha value is -0.820. The molecule has 1 heterocycles. The fourth-order valence-electron chi connectivity index (χ4n) is 1.90. The van der Waals surface area contributed by atoms with Crippen molar-refractivity contribution in [2.45, 2.75) is 12.6 Å². The lowest BCUT2D eigenvalue weighted by molar-refractivity contribution is 0.0644. The summed E-state index contributed by atoms with van der Waals surface area (Å²) in [6.45, 7) is 2.61. The Labute approximate surface area is 121 Å². The van der Waals surface area contributed by atoms with Gasteiger partial charge in [-0.2, -0.15) is 0 Å². The molecule has 2 N–H and O–H groups in total. The summed E-state index contributed by atoms with van der Waals surface area (Å²) in [7, 11) is 1.57. The van der Waals surface area contributed by atoms with Gasteiger partial charge in [-0.05, 0) is 33.6 Å². The summed E-state index contributed by atoms with van der Waals surface area (Å²) in [6, 6.07) is 3.94. The van der Waals surface area contributed by atoms with Crippen LogP contribution >= 0.6 is 15.9 Å². The van der Waals surface area contributed by atoms with Crippen molar-refractivity contribution in [3.8, 4) is 11.5 Å². The van der Waals surface area contributed by atoms with Crippen LogP contribution in [0.4, 0.5) is 0 Å². The van der Waals surface area contributed by atoms with Crippen LogP contribution in [-0.2, 0) is 11.3 Å². The largest absolute Gasteiger partial charge is 0.486 e. The number of hydrogen-bond acceptors (Lipinski definition) is 5. The molecule has 2 rings (SSSR count). The topological polar surface area (TPSA) is 60.0 Å². The van der Waals surface area contributed by atoms with Gasteiger partial charge in [-0.1, -0.05) is 0 Å². The van der Waals surface area contributed by atoms with E-state index < -0.39 is 6.10 Å². The van der Waals surface area contributed by atoms with Gasteiger partial charge in [0.2, 0.25) is 0 Å². The maximum atomic E-state index is 9.53. The van der Waals surface area contributed by atoms with Crippen LogP contribution < -0.4 is 14.8 Å². The molecule has 1 aromatic rings. The highest BCUT2D eigenvalue weighted by Gasteiger charge is 2.16. The van der Waals surface area contributed by atoms with Gasteiger partial charge in [0.1, 0.15) is 13.2 Å². The van der Waals surface area contributed by atoms with E-state index in [1.165, 1.54) is 0 Å². The molecule has 1 atom stereocenters. The standard InChI is InChI=1S/C13H18BrNO4/c1-17-8-10(16)7-15-6-9-4-11(14)13-12(5-9)18-2-3-19-13/h4-5,10,15-16H,2-3,6-8H2,1H3. The minimum atomic E-state index is -0.495. The van der Waals surface area contributed by atoms with Crippen molar-refractivity contribution in [3.05, 3.63) is 22.2 Å². The van der Waals surface area contributed by atoms with E-state index in [2.05, 4.69) is 21.2 Å². The second-order valence-electron chi connectivity index (χ2n) is 4.34. The summed E-state index contributed by atoms with van der Waals surface area (Å²) >= 11 is 3.48. The molecule has 19 heavy (non-hydrogen) atoms. The third-order valence-corrected chi connectivity index (χ3v) is 3.31. The van der Waals surface area contributed by atoms with Crippen LogP contribution in [0.5, 0.6) is 11.5 Å². The van der Waals surface area contributed by atoms with E-state index in [0.717, 1.165) is 21.5 Å². The quantitative estimate of drug-likeness (QED) is 0.823. The molecule has 0 amide bonds. The predicted octanol–water partition coefficient (Wildman–Crippen LogP) is 1.32. The molecule has 0 fully saturated rings. The maximum Gasteiger partial charge on any atom is 0.175 e. The van der Waals surface area contributed by atoms with Crippen LogP contribution in [0.25, 0.3) is 0 Å². The number of rotatable bonds is 6. The van der Waals surface area contributed by atoms with Gasteiger partial charge in [0.15, 0.2) is 11.5 Å². The van der Waals surface area contributed by atoms with Crippen molar-refractivity contribution in [1.29, 1.82) is 0 Å². The number of methoxy groups -OCH3 is 1. The van der Waals surface area contributed by atoms with Crippen molar-refractivity contribution >= 4 is 15.9 Å². The lowest BCUT2D eigenvalue weighted by Crippen LogP contribution is -2.29. The molecule has 0 saturated heterocycles. The zero-order chi connectivity index (χ0) is 13.7. The van der Waals surface area contributed by atoms with Crippen molar-refractivity contribution in [2.24, 2.45) is 0 Å². The third-order valence-electron chi connectivity index (χ3n) is 2.72. The average molecular weight is 332 g/mol. The van der Waals surface area contributed by atoms with Gasteiger partial charge in [0.05, 0.1) is 17.2 Å². The van der Waals surface area contributed by atoms with Gasteiger partial charge in [-0.15, -0.1) is 0 Å². The molecule has 1 unspecified atom stereocenters. The lowest BCUT2D eigenvalue weighted by atomic mass is 10.2. The second kappa shape index (κ2) is 7.09. The first-order valence-electron chi connectivity index (χ1n) is 6.16. The Kier molecular flexibility index (Phi) is 5.45. The van der Waals surface area contributed by atoms with Gasteiger partial charge in [-0.3, -0.25) is 0 Å². The van der Waals surface area contributed by atoms with Gasteiger partial charge in [0, 0.05) is 20.2 Å². The predicted molar refractivity (Wildman–Crippen MR) is 74.7 cm³/mol. The van der Waals surface area contributed by atoms with Crippen molar-refractivity contribution in [2.75, 3.05) is 33.5 Å². The summed E-state index contributed by atoms with van der Waals surface area (Å²) in [5, 5.41) is 12.7. The van der Waals surface area contributed by atoms with Crippen LogP contribution in [0, 0.1) is 0 Å². The zero-order valence-corrected chi connectivity index (χ0v) is 12.4. The number of fused-ring (bicyclic) bond motifs is 1. The number of hydrogen-bond donors (Lipinski definition) is 2. The lowest BCUT2D eigenvalue weighted by Gasteiger charge is -2.20.